The van der Waals surface area contributed by atoms with Gasteiger partial charge in [-0.1, -0.05) is 75.6 Å². The summed E-state index contributed by atoms with van der Waals surface area (Å²) < 4.78 is 24.7. The molecular weight excluding hydrogens is 358 g/mol. The van der Waals surface area contributed by atoms with Crippen LogP contribution in [0, 0.1) is 0 Å². The van der Waals surface area contributed by atoms with Gasteiger partial charge in [-0.25, -0.2) is 13.5 Å². The summed E-state index contributed by atoms with van der Waals surface area (Å²) in [5, 5.41) is 6.95. The first-order chi connectivity index (χ1) is 12.0. The lowest BCUT2D eigenvalue weighted by Crippen LogP contribution is -2.09. The van der Waals surface area contributed by atoms with E-state index in [1.54, 1.807) is 18.2 Å². The summed E-state index contributed by atoms with van der Waals surface area (Å²) in [5.41, 5.74) is 0.619. The maximum absolute atomic E-state index is 12.4. The Balaban J connectivity index is 1.83. The number of unbranched alkanes of at least 4 members (excludes halogenated alkanes) is 7. The van der Waals surface area contributed by atoms with Gasteiger partial charge in [0.2, 0.25) is 15.0 Å². The fraction of sp³-hybridized carbons (Fsp3) is 0.556. The Morgan fingerprint density at radius 3 is 2.32 bits per heavy atom. The summed E-state index contributed by atoms with van der Waals surface area (Å²) in [4.78, 5) is 4.12. The van der Waals surface area contributed by atoms with Crippen LogP contribution in [0.2, 0.25) is 5.02 Å². The molecule has 0 spiro atoms. The molecule has 0 aliphatic rings. The van der Waals surface area contributed by atoms with Crippen LogP contribution in [0.15, 0.2) is 29.4 Å². The minimum atomic E-state index is -3.43. The standard InChI is InChI=1S/C18H26ClN3O2S/c1-2-3-4-5-6-7-8-11-14-25(23,24)18-20-17(21-22-18)15-12-9-10-13-16(15)19/h9-10,12-13H,2-8,11,14H2,1H3,(H,20,21,22). The molecule has 0 fully saturated rings. The average Bonchev–Trinajstić information content (AvgIpc) is 3.08. The van der Waals surface area contributed by atoms with E-state index in [9.17, 15) is 8.42 Å². The van der Waals surface area contributed by atoms with Crippen molar-refractivity contribution >= 4 is 21.4 Å². The zero-order chi connectivity index (χ0) is 18.1. The molecule has 0 atom stereocenters. The second-order valence-electron chi connectivity index (χ2n) is 6.24. The highest BCUT2D eigenvalue weighted by Gasteiger charge is 2.20. The summed E-state index contributed by atoms with van der Waals surface area (Å²) in [6.07, 6.45) is 8.88. The number of rotatable bonds is 11. The van der Waals surface area contributed by atoms with Gasteiger partial charge in [0.25, 0.3) is 0 Å². The van der Waals surface area contributed by atoms with E-state index in [4.69, 9.17) is 11.6 Å². The van der Waals surface area contributed by atoms with Gasteiger partial charge in [0, 0.05) is 5.56 Å². The lowest BCUT2D eigenvalue weighted by molar-refractivity contribution is 0.568. The van der Waals surface area contributed by atoms with Crippen molar-refractivity contribution in [3.63, 3.8) is 0 Å². The SMILES string of the molecule is CCCCCCCCCCS(=O)(=O)c1nc(-c2ccccc2Cl)n[nH]1. The maximum Gasteiger partial charge on any atom is 0.243 e. The molecule has 7 heteroatoms. The monoisotopic (exact) mass is 383 g/mol. The summed E-state index contributed by atoms with van der Waals surface area (Å²) in [5.74, 6) is 0.402. The Morgan fingerprint density at radius 1 is 1.00 bits per heavy atom. The summed E-state index contributed by atoms with van der Waals surface area (Å²) in [7, 11) is -3.43. The fourth-order valence-electron chi connectivity index (χ4n) is 2.67. The topological polar surface area (TPSA) is 75.7 Å². The van der Waals surface area contributed by atoms with Gasteiger partial charge in [-0.15, -0.1) is 0 Å². The zero-order valence-electron chi connectivity index (χ0n) is 14.7. The van der Waals surface area contributed by atoms with Crippen LogP contribution in [0.1, 0.15) is 58.3 Å². The van der Waals surface area contributed by atoms with Gasteiger partial charge in [0.05, 0.1) is 10.8 Å². The molecule has 1 aromatic heterocycles. The van der Waals surface area contributed by atoms with E-state index in [2.05, 4.69) is 22.1 Å². The second kappa shape index (κ2) is 9.92. The molecule has 1 N–H and O–H groups in total. The minimum absolute atomic E-state index is 0.0784. The predicted molar refractivity (Wildman–Crippen MR) is 101 cm³/mol. The van der Waals surface area contributed by atoms with Gasteiger partial charge in [0.15, 0.2) is 5.82 Å². The van der Waals surface area contributed by atoms with Crippen LogP contribution in [0.3, 0.4) is 0 Å². The number of aromatic amines is 1. The van der Waals surface area contributed by atoms with Crippen molar-refractivity contribution < 1.29 is 8.42 Å². The van der Waals surface area contributed by atoms with Crippen LogP contribution in [-0.2, 0) is 9.84 Å². The third-order valence-electron chi connectivity index (χ3n) is 4.14. The first-order valence-corrected chi connectivity index (χ1v) is 11.0. The van der Waals surface area contributed by atoms with Gasteiger partial charge in [0.1, 0.15) is 0 Å². The first-order valence-electron chi connectivity index (χ1n) is 8.94. The number of sulfone groups is 1. The van der Waals surface area contributed by atoms with Gasteiger partial charge in [-0.3, -0.25) is 0 Å². The maximum atomic E-state index is 12.4. The molecule has 0 bridgehead atoms. The Labute approximate surface area is 155 Å². The van der Waals surface area contributed by atoms with Crippen molar-refractivity contribution in [3.8, 4) is 11.4 Å². The van der Waals surface area contributed by atoms with Crippen LogP contribution >= 0.6 is 11.6 Å². The lowest BCUT2D eigenvalue weighted by atomic mass is 10.1. The molecule has 0 radical (unpaired) electrons. The van der Waals surface area contributed by atoms with Crippen molar-refractivity contribution in [3.05, 3.63) is 29.3 Å². The molecule has 0 saturated heterocycles. The Bertz CT molecular complexity index is 759. The molecule has 1 heterocycles. The molecule has 2 aromatic rings. The Hall–Kier alpha value is -1.40. The summed E-state index contributed by atoms with van der Waals surface area (Å²) in [6.45, 7) is 2.20. The van der Waals surface area contributed by atoms with E-state index in [0.29, 0.717) is 22.8 Å². The van der Waals surface area contributed by atoms with Crippen LogP contribution in [0.4, 0.5) is 0 Å². The molecular formula is C18H26ClN3O2S. The molecule has 5 nitrogen and oxygen atoms in total. The van der Waals surface area contributed by atoms with Gasteiger partial charge < -0.3 is 0 Å². The molecule has 138 valence electrons. The smallest absolute Gasteiger partial charge is 0.243 e. The number of H-pyrrole nitrogens is 1. The number of hydrogen-bond acceptors (Lipinski definition) is 4. The van der Waals surface area contributed by atoms with E-state index >= 15 is 0 Å². The highest BCUT2D eigenvalue weighted by molar-refractivity contribution is 7.91. The highest BCUT2D eigenvalue weighted by Crippen LogP contribution is 2.25. The van der Waals surface area contributed by atoms with Gasteiger partial charge >= 0.3 is 0 Å². The van der Waals surface area contributed by atoms with E-state index in [1.807, 2.05) is 6.07 Å². The van der Waals surface area contributed by atoms with Gasteiger partial charge in [-0.2, -0.15) is 10.1 Å². The van der Waals surface area contributed by atoms with Crippen molar-refractivity contribution in [1.82, 2.24) is 15.2 Å². The van der Waals surface area contributed by atoms with E-state index in [1.165, 1.54) is 32.1 Å². The number of benzene rings is 1. The molecule has 0 saturated carbocycles. The third kappa shape index (κ3) is 6.12. The first kappa shape index (κ1) is 19.9. The van der Waals surface area contributed by atoms with E-state index in [-0.39, 0.29) is 10.9 Å². The average molecular weight is 384 g/mol. The lowest BCUT2D eigenvalue weighted by Gasteiger charge is -2.02. The molecule has 0 aliphatic heterocycles. The normalized spacial score (nSPS) is 11.8. The zero-order valence-corrected chi connectivity index (χ0v) is 16.2. The van der Waals surface area contributed by atoms with E-state index < -0.39 is 9.84 Å². The van der Waals surface area contributed by atoms with E-state index in [0.717, 1.165) is 12.8 Å². The van der Waals surface area contributed by atoms with Gasteiger partial charge in [-0.05, 0) is 18.6 Å². The van der Waals surface area contributed by atoms with Crippen LogP contribution in [0.5, 0.6) is 0 Å². The third-order valence-corrected chi connectivity index (χ3v) is 6.07. The number of aromatic nitrogens is 3. The Kier molecular flexibility index (Phi) is 7.90. The largest absolute Gasteiger partial charge is 0.249 e. The summed E-state index contributed by atoms with van der Waals surface area (Å²) in [6, 6.07) is 7.10. The second-order valence-corrected chi connectivity index (χ2v) is 8.67. The minimum Gasteiger partial charge on any atom is -0.249 e. The van der Waals surface area contributed by atoms with Crippen LogP contribution in [0.25, 0.3) is 11.4 Å². The number of nitrogens with zero attached hydrogens (tertiary/aromatic N) is 2. The predicted octanol–water partition coefficient (Wildman–Crippen LogP) is 5.04. The summed E-state index contributed by atoms with van der Waals surface area (Å²) >= 11 is 6.10. The molecule has 0 amide bonds. The quantitative estimate of drug-likeness (QED) is 0.551. The molecule has 1 aromatic carbocycles. The number of nitrogens with one attached hydrogen (secondary N) is 1. The van der Waals surface area contributed by atoms with Crippen molar-refractivity contribution in [1.29, 1.82) is 0 Å². The van der Waals surface area contributed by atoms with Crippen LogP contribution < -0.4 is 0 Å². The molecule has 0 aliphatic carbocycles. The fourth-order valence-corrected chi connectivity index (χ4v) is 4.08. The number of hydrogen-bond donors (Lipinski definition) is 1. The van der Waals surface area contributed by atoms with Crippen molar-refractivity contribution in [2.45, 2.75) is 63.4 Å². The number of halogens is 1. The van der Waals surface area contributed by atoms with Crippen molar-refractivity contribution in [2.24, 2.45) is 0 Å². The molecule has 25 heavy (non-hydrogen) atoms. The Morgan fingerprint density at radius 2 is 1.64 bits per heavy atom. The molecule has 0 unspecified atom stereocenters. The van der Waals surface area contributed by atoms with Crippen molar-refractivity contribution in [2.75, 3.05) is 5.75 Å². The highest BCUT2D eigenvalue weighted by atomic mass is 35.5. The van der Waals surface area contributed by atoms with Crippen LogP contribution in [-0.4, -0.2) is 29.4 Å². The molecule has 2 rings (SSSR count).